The summed E-state index contributed by atoms with van der Waals surface area (Å²) in [5.74, 6) is 0. The highest BCUT2D eigenvalue weighted by Gasteiger charge is 2.05. The summed E-state index contributed by atoms with van der Waals surface area (Å²) in [5.41, 5.74) is 0. The summed E-state index contributed by atoms with van der Waals surface area (Å²) in [7, 11) is -1.77. The zero-order chi connectivity index (χ0) is 10.6. The molecule has 0 fully saturated rings. The van der Waals surface area contributed by atoms with Crippen LogP contribution >= 0.6 is 8.60 Å². The zero-order valence-electron chi connectivity index (χ0n) is 8.77. The standard InChI is InChI=1S/C8H19O5P/c1-3-10-5-7-12-14(9)13-8-6-11-4-2/h9H,3-8H2,1-2H3. The number of rotatable bonds is 10. The molecular weight excluding hydrogens is 207 g/mol. The second-order valence-electron chi connectivity index (χ2n) is 2.30. The van der Waals surface area contributed by atoms with Gasteiger partial charge in [-0.3, -0.25) is 0 Å². The molecule has 5 nitrogen and oxygen atoms in total. The lowest BCUT2D eigenvalue weighted by Crippen LogP contribution is -2.05. The lowest BCUT2D eigenvalue weighted by molar-refractivity contribution is 0.0803. The van der Waals surface area contributed by atoms with Crippen LogP contribution in [0, 0.1) is 0 Å². The summed E-state index contributed by atoms with van der Waals surface area (Å²) in [6, 6.07) is 0. The molecular formula is C8H19O5P. The van der Waals surface area contributed by atoms with Crippen LogP contribution < -0.4 is 0 Å². The summed E-state index contributed by atoms with van der Waals surface area (Å²) in [6.45, 7) is 6.77. The van der Waals surface area contributed by atoms with E-state index < -0.39 is 8.60 Å². The van der Waals surface area contributed by atoms with E-state index in [-0.39, 0.29) is 0 Å². The Bertz CT molecular complexity index is 102. The quantitative estimate of drug-likeness (QED) is 0.449. The van der Waals surface area contributed by atoms with Gasteiger partial charge in [0.05, 0.1) is 26.4 Å². The Morgan fingerprint density at radius 1 is 0.857 bits per heavy atom. The van der Waals surface area contributed by atoms with E-state index in [4.69, 9.17) is 23.4 Å². The lowest BCUT2D eigenvalue weighted by atomic mass is 10.8. The highest BCUT2D eigenvalue weighted by atomic mass is 31.2. The van der Waals surface area contributed by atoms with E-state index in [0.717, 1.165) is 0 Å². The molecule has 0 aromatic rings. The third-order valence-corrected chi connectivity index (χ3v) is 2.07. The Labute approximate surface area is 86.3 Å². The number of ether oxygens (including phenoxy) is 2. The van der Waals surface area contributed by atoms with Crippen LogP contribution in [0.1, 0.15) is 13.8 Å². The van der Waals surface area contributed by atoms with Crippen LogP contribution in [0.25, 0.3) is 0 Å². The molecule has 0 aliphatic rings. The van der Waals surface area contributed by atoms with Gasteiger partial charge >= 0.3 is 8.60 Å². The van der Waals surface area contributed by atoms with E-state index in [1.165, 1.54) is 0 Å². The molecule has 0 saturated heterocycles. The van der Waals surface area contributed by atoms with Crippen LogP contribution in [0.4, 0.5) is 0 Å². The Morgan fingerprint density at radius 2 is 1.29 bits per heavy atom. The fourth-order valence-corrected chi connectivity index (χ4v) is 1.21. The SMILES string of the molecule is CCOCCOP(O)OCCOCC. The first kappa shape index (κ1) is 14.2. The molecule has 0 atom stereocenters. The van der Waals surface area contributed by atoms with Gasteiger partial charge in [-0.1, -0.05) is 0 Å². The monoisotopic (exact) mass is 226 g/mol. The van der Waals surface area contributed by atoms with Gasteiger partial charge in [0.25, 0.3) is 0 Å². The van der Waals surface area contributed by atoms with Crippen molar-refractivity contribution in [2.24, 2.45) is 0 Å². The molecule has 0 saturated carbocycles. The predicted molar refractivity (Wildman–Crippen MR) is 54.0 cm³/mol. The lowest BCUT2D eigenvalue weighted by Gasteiger charge is -2.10. The minimum Gasteiger partial charge on any atom is -0.379 e. The van der Waals surface area contributed by atoms with Crippen LogP contribution in [0.15, 0.2) is 0 Å². The normalized spacial score (nSPS) is 11.1. The minimum absolute atomic E-state index is 0.352. The maximum atomic E-state index is 9.16. The highest BCUT2D eigenvalue weighted by Crippen LogP contribution is 2.31. The van der Waals surface area contributed by atoms with Gasteiger partial charge in [0, 0.05) is 13.2 Å². The van der Waals surface area contributed by atoms with Gasteiger partial charge in [0.2, 0.25) is 0 Å². The average Bonchev–Trinajstić information content (AvgIpc) is 2.19. The second kappa shape index (κ2) is 11.3. The smallest absolute Gasteiger partial charge is 0.330 e. The molecule has 86 valence electrons. The predicted octanol–water partition coefficient (Wildman–Crippen LogP) is 1.31. The van der Waals surface area contributed by atoms with Crippen molar-refractivity contribution >= 4 is 8.60 Å². The van der Waals surface area contributed by atoms with Crippen LogP contribution in [0.2, 0.25) is 0 Å². The Morgan fingerprint density at radius 3 is 1.64 bits per heavy atom. The highest BCUT2D eigenvalue weighted by molar-refractivity contribution is 7.40. The molecule has 0 aliphatic heterocycles. The van der Waals surface area contributed by atoms with Gasteiger partial charge in [-0.05, 0) is 13.8 Å². The van der Waals surface area contributed by atoms with E-state index in [1.807, 2.05) is 13.8 Å². The first-order chi connectivity index (χ1) is 6.81. The maximum absolute atomic E-state index is 9.16. The molecule has 0 unspecified atom stereocenters. The molecule has 0 radical (unpaired) electrons. The van der Waals surface area contributed by atoms with Crippen molar-refractivity contribution in [3.8, 4) is 0 Å². The summed E-state index contributed by atoms with van der Waals surface area (Å²) >= 11 is 0. The minimum atomic E-state index is -1.77. The third kappa shape index (κ3) is 10.3. The Balaban J connectivity index is 3.07. The second-order valence-corrected chi connectivity index (χ2v) is 3.29. The molecule has 0 aromatic carbocycles. The van der Waals surface area contributed by atoms with E-state index >= 15 is 0 Å². The van der Waals surface area contributed by atoms with Crippen molar-refractivity contribution in [3.05, 3.63) is 0 Å². The van der Waals surface area contributed by atoms with Gasteiger partial charge < -0.3 is 23.4 Å². The van der Waals surface area contributed by atoms with Gasteiger partial charge in [0.1, 0.15) is 0 Å². The van der Waals surface area contributed by atoms with Gasteiger partial charge in [-0.25, -0.2) is 0 Å². The fourth-order valence-electron chi connectivity index (χ4n) is 0.675. The van der Waals surface area contributed by atoms with Crippen LogP contribution in [0.5, 0.6) is 0 Å². The molecule has 6 heteroatoms. The van der Waals surface area contributed by atoms with Crippen LogP contribution in [-0.4, -0.2) is 44.5 Å². The van der Waals surface area contributed by atoms with Gasteiger partial charge in [0.15, 0.2) is 0 Å². The van der Waals surface area contributed by atoms with Crippen LogP contribution in [-0.2, 0) is 18.5 Å². The van der Waals surface area contributed by atoms with Crippen molar-refractivity contribution in [2.45, 2.75) is 13.8 Å². The van der Waals surface area contributed by atoms with E-state index in [2.05, 4.69) is 0 Å². The average molecular weight is 226 g/mol. The zero-order valence-corrected chi connectivity index (χ0v) is 9.66. The van der Waals surface area contributed by atoms with Gasteiger partial charge in [-0.2, -0.15) is 0 Å². The maximum Gasteiger partial charge on any atom is 0.330 e. The summed E-state index contributed by atoms with van der Waals surface area (Å²) in [6.07, 6.45) is 0. The Kier molecular flexibility index (Phi) is 11.5. The molecule has 0 spiro atoms. The van der Waals surface area contributed by atoms with E-state index in [9.17, 15) is 0 Å². The van der Waals surface area contributed by atoms with E-state index in [0.29, 0.717) is 39.6 Å². The van der Waals surface area contributed by atoms with Crippen LogP contribution in [0.3, 0.4) is 0 Å². The van der Waals surface area contributed by atoms with Crippen molar-refractivity contribution in [1.29, 1.82) is 0 Å². The van der Waals surface area contributed by atoms with Crippen molar-refractivity contribution < 1.29 is 23.4 Å². The summed E-state index contributed by atoms with van der Waals surface area (Å²) < 4.78 is 19.9. The van der Waals surface area contributed by atoms with Crippen molar-refractivity contribution in [3.63, 3.8) is 0 Å². The summed E-state index contributed by atoms with van der Waals surface area (Å²) in [5, 5.41) is 0. The molecule has 0 aromatic heterocycles. The third-order valence-electron chi connectivity index (χ3n) is 1.27. The van der Waals surface area contributed by atoms with Crippen molar-refractivity contribution in [1.82, 2.24) is 0 Å². The molecule has 0 rings (SSSR count). The molecule has 0 amide bonds. The van der Waals surface area contributed by atoms with E-state index in [1.54, 1.807) is 0 Å². The largest absolute Gasteiger partial charge is 0.379 e. The molecule has 1 N–H and O–H groups in total. The fraction of sp³-hybridized carbons (Fsp3) is 1.00. The molecule has 0 heterocycles. The topological polar surface area (TPSA) is 57.2 Å². The first-order valence-corrected chi connectivity index (χ1v) is 5.84. The number of hydrogen-bond acceptors (Lipinski definition) is 5. The molecule has 0 bridgehead atoms. The first-order valence-electron chi connectivity index (χ1n) is 4.71. The number of hydrogen-bond donors (Lipinski definition) is 1. The molecule has 0 aliphatic carbocycles. The summed E-state index contributed by atoms with van der Waals surface area (Å²) in [4.78, 5) is 9.16. The van der Waals surface area contributed by atoms with Crippen molar-refractivity contribution in [2.75, 3.05) is 39.6 Å². The van der Waals surface area contributed by atoms with Gasteiger partial charge in [-0.15, -0.1) is 0 Å². The Hall–Kier alpha value is 0.230. The molecule has 14 heavy (non-hydrogen) atoms.